The van der Waals surface area contributed by atoms with Crippen LogP contribution in [0.15, 0.2) is 47.3 Å². The van der Waals surface area contributed by atoms with Crippen molar-refractivity contribution in [1.29, 1.82) is 0 Å². The molecule has 4 nitrogen and oxygen atoms in total. The Labute approximate surface area is 174 Å². The van der Waals surface area contributed by atoms with Crippen LogP contribution in [-0.4, -0.2) is 18.2 Å². The highest BCUT2D eigenvalue weighted by Crippen LogP contribution is 2.32. The van der Waals surface area contributed by atoms with Crippen LogP contribution in [0.4, 0.5) is 0 Å². The third kappa shape index (κ3) is 4.93. The van der Waals surface area contributed by atoms with E-state index in [9.17, 15) is 0 Å². The minimum absolute atomic E-state index is 0.207. The van der Waals surface area contributed by atoms with Crippen LogP contribution >= 0.6 is 22.7 Å². The highest BCUT2D eigenvalue weighted by atomic mass is 32.1. The summed E-state index contributed by atoms with van der Waals surface area (Å²) < 4.78 is 11.8. The van der Waals surface area contributed by atoms with E-state index in [2.05, 4.69) is 39.9 Å². The molecule has 0 radical (unpaired) electrons. The van der Waals surface area contributed by atoms with E-state index >= 15 is 0 Å². The van der Waals surface area contributed by atoms with E-state index in [-0.39, 0.29) is 6.04 Å². The molecule has 148 valence electrons. The highest BCUT2D eigenvalue weighted by Gasteiger charge is 2.19. The predicted molar refractivity (Wildman–Crippen MR) is 116 cm³/mol. The second kappa shape index (κ2) is 9.54. The standard InChI is InChI=1S/C22H26N2O2S2/c1-25-21-13-16(8-9-20(21)26-17-5-2-3-6-17)15-24-19(22-23-10-12-28-22)14-18-7-4-11-27-18/h4,7-13,17,19,24H,2-3,5-6,14-15H2,1H3/t19-/m1/s1. The van der Waals surface area contributed by atoms with Gasteiger partial charge in [0.05, 0.1) is 19.3 Å². The summed E-state index contributed by atoms with van der Waals surface area (Å²) in [5.41, 5.74) is 1.18. The van der Waals surface area contributed by atoms with Gasteiger partial charge in [-0.15, -0.1) is 22.7 Å². The lowest BCUT2D eigenvalue weighted by atomic mass is 10.1. The number of nitrogens with one attached hydrogen (secondary N) is 1. The van der Waals surface area contributed by atoms with Crippen molar-refractivity contribution in [3.63, 3.8) is 0 Å². The average Bonchev–Trinajstić information content (AvgIpc) is 3.49. The van der Waals surface area contributed by atoms with E-state index in [0.29, 0.717) is 6.10 Å². The lowest BCUT2D eigenvalue weighted by Gasteiger charge is -2.18. The van der Waals surface area contributed by atoms with Gasteiger partial charge in [0.25, 0.3) is 0 Å². The summed E-state index contributed by atoms with van der Waals surface area (Å²) in [4.78, 5) is 5.90. The second-order valence-electron chi connectivity index (χ2n) is 7.10. The molecule has 0 spiro atoms. The van der Waals surface area contributed by atoms with Crippen molar-refractivity contribution in [2.24, 2.45) is 0 Å². The fourth-order valence-electron chi connectivity index (χ4n) is 3.63. The van der Waals surface area contributed by atoms with Gasteiger partial charge < -0.3 is 14.8 Å². The number of hydrogen-bond acceptors (Lipinski definition) is 6. The van der Waals surface area contributed by atoms with Crippen LogP contribution in [-0.2, 0) is 13.0 Å². The predicted octanol–water partition coefficient (Wildman–Crippen LogP) is 5.61. The maximum atomic E-state index is 6.15. The summed E-state index contributed by atoms with van der Waals surface area (Å²) in [6.07, 6.45) is 7.97. The fraction of sp³-hybridized carbons (Fsp3) is 0.409. The number of benzene rings is 1. The number of nitrogens with zero attached hydrogens (tertiary/aromatic N) is 1. The average molecular weight is 415 g/mol. The zero-order valence-electron chi connectivity index (χ0n) is 16.1. The molecule has 2 heterocycles. The molecule has 2 aromatic heterocycles. The van der Waals surface area contributed by atoms with Gasteiger partial charge in [0, 0.05) is 29.4 Å². The fourth-order valence-corrected chi connectivity index (χ4v) is 5.10. The van der Waals surface area contributed by atoms with E-state index in [4.69, 9.17) is 9.47 Å². The van der Waals surface area contributed by atoms with Crippen LogP contribution in [0.25, 0.3) is 0 Å². The van der Waals surface area contributed by atoms with Crippen LogP contribution in [0, 0.1) is 0 Å². The van der Waals surface area contributed by atoms with E-state index in [1.807, 2.05) is 17.6 Å². The first-order chi connectivity index (χ1) is 13.8. The molecule has 3 aromatic rings. The molecule has 6 heteroatoms. The van der Waals surface area contributed by atoms with Gasteiger partial charge in [0.2, 0.25) is 0 Å². The number of rotatable bonds is 9. The number of methoxy groups -OCH3 is 1. The summed E-state index contributed by atoms with van der Waals surface area (Å²) in [6, 6.07) is 10.8. The minimum Gasteiger partial charge on any atom is -0.493 e. The summed E-state index contributed by atoms with van der Waals surface area (Å²) >= 11 is 3.50. The molecule has 0 bridgehead atoms. The Morgan fingerprint density at radius 3 is 2.75 bits per heavy atom. The molecule has 1 N–H and O–H groups in total. The van der Waals surface area contributed by atoms with Gasteiger partial charge in [-0.2, -0.15) is 0 Å². The summed E-state index contributed by atoms with van der Waals surface area (Å²) in [7, 11) is 1.71. The van der Waals surface area contributed by atoms with Crippen molar-refractivity contribution < 1.29 is 9.47 Å². The van der Waals surface area contributed by atoms with Crippen LogP contribution < -0.4 is 14.8 Å². The molecule has 0 aliphatic heterocycles. The third-order valence-corrected chi connectivity index (χ3v) is 6.90. The SMILES string of the molecule is COc1cc(CN[C@H](Cc2cccs2)c2nccs2)ccc1OC1CCCC1. The Kier molecular flexibility index (Phi) is 6.62. The van der Waals surface area contributed by atoms with Crippen LogP contribution in [0.1, 0.15) is 47.2 Å². The molecular weight excluding hydrogens is 388 g/mol. The van der Waals surface area contributed by atoms with Crippen LogP contribution in [0.2, 0.25) is 0 Å². The van der Waals surface area contributed by atoms with Crippen molar-refractivity contribution >= 4 is 22.7 Å². The monoisotopic (exact) mass is 414 g/mol. The molecule has 1 saturated carbocycles. The molecule has 1 aromatic carbocycles. The quantitative estimate of drug-likeness (QED) is 0.494. The maximum Gasteiger partial charge on any atom is 0.161 e. The smallest absolute Gasteiger partial charge is 0.161 e. The Morgan fingerprint density at radius 1 is 1.14 bits per heavy atom. The van der Waals surface area contributed by atoms with Crippen LogP contribution in [0.3, 0.4) is 0 Å². The normalized spacial score (nSPS) is 15.6. The highest BCUT2D eigenvalue weighted by molar-refractivity contribution is 7.10. The topological polar surface area (TPSA) is 43.4 Å². The van der Waals surface area contributed by atoms with E-state index in [0.717, 1.165) is 42.3 Å². The lowest BCUT2D eigenvalue weighted by Crippen LogP contribution is -2.22. The van der Waals surface area contributed by atoms with Gasteiger partial charge in [-0.05, 0) is 54.8 Å². The van der Waals surface area contributed by atoms with Gasteiger partial charge in [-0.3, -0.25) is 0 Å². The number of aromatic nitrogens is 1. The molecule has 0 saturated heterocycles. The molecular formula is C22H26N2O2S2. The number of ether oxygens (including phenoxy) is 2. The molecule has 1 fully saturated rings. The summed E-state index contributed by atoms with van der Waals surface area (Å²) in [5.74, 6) is 1.67. The zero-order valence-corrected chi connectivity index (χ0v) is 17.7. The molecule has 1 aliphatic rings. The Morgan fingerprint density at radius 2 is 2.04 bits per heavy atom. The van der Waals surface area contributed by atoms with Gasteiger partial charge in [-0.1, -0.05) is 12.1 Å². The van der Waals surface area contributed by atoms with Gasteiger partial charge in [-0.25, -0.2) is 4.98 Å². The van der Waals surface area contributed by atoms with Crippen molar-refractivity contribution in [2.45, 2.75) is 50.8 Å². The first kappa shape index (κ1) is 19.4. The van der Waals surface area contributed by atoms with Crippen molar-refractivity contribution in [3.8, 4) is 11.5 Å². The first-order valence-electron chi connectivity index (χ1n) is 9.80. The Bertz CT molecular complexity index is 844. The van der Waals surface area contributed by atoms with E-state index in [1.165, 1.54) is 23.3 Å². The zero-order chi connectivity index (χ0) is 19.2. The molecule has 0 unspecified atom stereocenters. The van der Waals surface area contributed by atoms with Crippen molar-refractivity contribution in [3.05, 3.63) is 62.7 Å². The minimum atomic E-state index is 0.207. The molecule has 1 atom stereocenters. The number of hydrogen-bond donors (Lipinski definition) is 1. The van der Waals surface area contributed by atoms with Gasteiger partial charge >= 0.3 is 0 Å². The molecule has 0 amide bonds. The third-order valence-electron chi connectivity index (χ3n) is 5.11. The van der Waals surface area contributed by atoms with Crippen molar-refractivity contribution in [1.82, 2.24) is 10.3 Å². The maximum absolute atomic E-state index is 6.15. The molecule has 4 rings (SSSR count). The first-order valence-corrected chi connectivity index (χ1v) is 11.6. The number of thiazole rings is 1. The largest absolute Gasteiger partial charge is 0.493 e. The van der Waals surface area contributed by atoms with Gasteiger partial charge in [0.1, 0.15) is 5.01 Å². The summed E-state index contributed by atoms with van der Waals surface area (Å²) in [6.45, 7) is 0.760. The second-order valence-corrected chi connectivity index (χ2v) is 9.06. The number of thiophene rings is 1. The van der Waals surface area contributed by atoms with E-state index in [1.54, 1.807) is 29.8 Å². The van der Waals surface area contributed by atoms with E-state index < -0.39 is 0 Å². The summed E-state index contributed by atoms with van der Waals surface area (Å²) in [5, 5.41) is 8.97. The van der Waals surface area contributed by atoms with Crippen molar-refractivity contribution in [2.75, 3.05) is 7.11 Å². The molecule has 28 heavy (non-hydrogen) atoms. The lowest BCUT2D eigenvalue weighted by molar-refractivity contribution is 0.200. The Hall–Kier alpha value is -1.89. The molecule has 1 aliphatic carbocycles. The van der Waals surface area contributed by atoms with Gasteiger partial charge in [0.15, 0.2) is 11.5 Å². The van der Waals surface area contributed by atoms with Crippen LogP contribution in [0.5, 0.6) is 11.5 Å². The Balaban J connectivity index is 1.43.